The Morgan fingerprint density at radius 3 is 2.62 bits per heavy atom. The van der Waals surface area contributed by atoms with Crippen LogP contribution in [0.25, 0.3) is 0 Å². The molecule has 0 aromatic heterocycles. The van der Waals surface area contributed by atoms with Gasteiger partial charge in [0.25, 0.3) is 0 Å². The molecule has 0 radical (unpaired) electrons. The van der Waals surface area contributed by atoms with Crippen molar-refractivity contribution in [2.24, 2.45) is 4.99 Å². The molecule has 0 aliphatic heterocycles. The minimum atomic E-state index is 0.784. The fraction of sp³-hybridized carbons (Fsp3) is 0.364. The smallest absolute Gasteiger partial charge is 0.0507 e. The van der Waals surface area contributed by atoms with Gasteiger partial charge in [-0.3, -0.25) is 4.99 Å². The summed E-state index contributed by atoms with van der Waals surface area (Å²) < 4.78 is 0. The lowest BCUT2D eigenvalue weighted by molar-refractivity contribution is 0.697. The molecular formula is C11H16N2. The first kappa shape index (κ1) is 9.93. The molecule has 0 fully saturated rings. The molecule has 2 nitrogen and oxygen atoms in total. The zero-order chi connectivity index (χ0) is 9.52. The number of aliphatic imine (C=N–C) groups is 1. The van der Waals surface area contributed by atoms with E-state index in [0.29, 0.717) is 0 Å². The van der Waals surface area contributed by atoms with Crippen LogP contribution in [0.1, 0.15) is 11.1 Å². The molecule has 0 saturated heterocycles. The van der Waals surface area contributed by atoms with Crippen LogP contribution in [0.5, 0.6) is 0 Å². The monoisotopic (exact) mass is 176 g/mol. The first-order valence-electron chi connectivity index (χ1n) is 4.51. The molecule has 1 aromatic carbocycles. The highest BCUT2D eigenvalue weighted by Crippen LogP contribution is 2.01. The first-order valence-corrected chi connectivity index (χ1v) is 4.51. The van der Waals surface area contributed by atoms with E-state index in [0.717, 1.165) is 19.6 Å². The highest BCUT2D eigenvalue weighted by Gasteiger charge is 1.90. The van der Waals surface area contributed by atoms with Crippen molar-refractivity contribution >= 4 is 6.72 Å². The topological polar surface area (TPSA) is 24.4 Å². The highest BCUT2D eigenvalue weighted by molar-refractivity contribution is 5.23. The minimum absolute atomic E-state index is 0.784. The quantitative estimate of drug-likeness (QED) is 0.537. The van der Waals surface area contributed by atoms with E-state index in [-0.39, 0.29) is 0 Å². The molecule has 2 heteroatoms. The average Bonchev–Trinajstić information content (AvgIpc) is 2.15. The van der Waals surface area contributed by atoms with Gasteiger partial charge in [-0.25, -0.2) is 0 Å². The molecule has 1 aromatic rings. The maximum absolute atomic E-state index is 3.77. The zero-order valence-corrected chi connectivity index (χ0v) is 8.09. The SMILES string of the molecule is C=NCCNCc1ccc(C)cc1. The second kappa shape index (κ2) is 5.49. The zero-order valence-electron chi connectivity index (χ0n) is 8.09. The van der Waals surface area contributed by atoms with E-state index in [1.807, 2.05) is 0 Å². The van der Waals surface area contributed by atoms with E-state index in [9.17, 15) is 0 Å². The first-order chi connectivity index (χ1) is 6.33. The van der Waals surface area contributed by atoms with Crippen LogP contribution in [0.15, 0.2) is 29.3 Å². The van der Waals surface area contributed by atoms with Crippen LogP contribution in [0.3, 0.4) is 0 Å². The Bertz CT molecular complexity index is 251. The van der Waals surface area contributed by atoms with Crippen LogP contribution in [0.2, 0.25) is 0 Å². The fourth-order valence-corrected chi connectivity index (χ4v) is 1.10. The second-order valence-corrected chi connectivity index (χ2v) is 3.11. The Balaban J connectivity index is 2.28. The summed E-state index contributed by atoms with van der Waals surface area (Å²) in [5, 5.41) is 3.29. The van der Waals surface area contributed by atoms with Gasteiger partial charge in [-0.1, -0.05) is 29.8 Å². The molecule has 0 heterocycles. The molecule has 0 bridgehead atoms. The molecule has 0 amide bonds. The van der Waals surface area contributed by atoms with Gasteiger partial charge in [-0.2, -0.15) is 0 Å². The molecule has 0 aliphatic rings. The predicted octanol–water partition coefficient (Wildman–Crippen LogP) is 1.79. The Labute approximate surface area is 79.7 Å². The fourth-order valence-electron chi connectivity index (χ4n) is 1.10. The summed E-state index contributed by atoms with van der Waals surface area (Å²) in [4.78, 5) is 3.77. The summed E-state index contributed by atoms with van der Waals surface area (Å²) in [6.45, 7) is 8.12. The highest BCUT2D eigenvalue weighted by atomic mass is 14.9. The van der Waals surface area contributed by atoms with Crippen molar-refractivity contribution in [1.82, 2.24) is 5.32 Å². The molecule has 0 unspecified atom stereocenters. The van der Waals surface area contributed by atoms with Crippen molar-refractivity contribution < 1.29 is 0 Å². The molecule has 0 atom stereocenters. The molecule has 1 N–H and O–H groups in total. The third-order valence-corrected chi connectivity index (χ3v) is 1.90. The summed E-state index contributed by atoms with van der Waals surface area (Å²) in [7, 11) is 0. The van der Waals surface area contributed by atoms with Gasteiger partial charge in [0.1, 0.15) is 0 Å². The number of hydrogen-bond acceptors (Lipinski definition) is 2. The second-order valence-electron chi connectivity index (χ2n) is 3.11. The molecule has 0 spiro atoms. The van der Waals surface area contributed by atoms with E-state index < -0.39 is 0 Å². The Hall–Kier alpha value is -1.15. The maximum atomic E-state index is 3.77. The van der Waals surface area contributed by atoms with E-state index in [4.69, 9.17) is 0 Å². The molecule has 0 saturated carbocycles. The molecular weight excluding hydrogens is 160 g/mol. The van der Waals surface area contributed by atoms with Crippen molar-refractivity contribution in [2.45, 2.75) is 13.5 Å². The van der Waals surface area contributed by atoms with Crippen LogP contribution >= 0.6 is 0 Å². The maximum Gasteiger partial charge on any atom is 0.0507 e. The summed E-state index contributed by atoms with van der Waals surface area (Å²) >= 11 is 0. The Morgan fingerprint density at radius 1 is 1.31 bits per heavy atom. The molecule has 0 aliphatic carbocycles. The number of hydrogen-bond donors (Lipinski definition) is 1. The molecule has 70 valence electrons. The number of aryl methyl sites for hydroxylation is 1. The van der Waals surface area contributed by atoms with Crippen LogP contribution < -0.4 is 5.32 Å². The van der Waals surface area contributed by atoms with Crippen LogP contribution in [0.4, 0.5) is 0 Å². The number of benzene rings is 1. The van der Waals surface area contributed by atoms with E-state index in [1.54, 1.807) is 0 Å². The average molecular weight is 176 g/mol. The van der Waals surface area contributed by atoms with Gasteiger partial charge < -0.3 is 5.32 Å². The summed E-state index contributed by atoms with van der Waals surface area (Å²) in [5.41, 5.74) is 2.62. The lowest BCUT2D eigenvalue weighted by Crippen LogP contribution is -2.16. The minimum Gasteiger partial charge on any atom is -0.311 e. The van der Waals surface area contributed by atoms with Gasteiger partial charge in [0, 0.05) is 13.1 Å². The van der Waals surface area contributed by atoms with E-state index in [2.05, 4.69) is 48.2 Å². The van der Waals surface area contributed by atoms with Crippen molar-refractivity contribution in [1.29, 1.82) is 0 Å². The van der Waals surface area contributed by atoms with Crippen molar-refractivity contribution in [3.05, 3.63) is 35.4 Å². The number of nitrogens with zero attached hydrogens (tertiary/aromatic N) is 1. The Kier molecular flexibility index (Phi) is 4.19. The normalized spacial score (nSPS) is 9.92. The lowest BCUT2D eigenvalue weighted by Gasteiger charge is -2.02. The summed E-state index contributed by atoms with van der Waals surface area (Å²) in [5.74, 6) is 0. The summed E-state index contributed by atoms with van der Waals surface area (Å²) in [6, 6.07) is 8.54. The lowest BCUT2D eigenvalue weighted by atomic mass is 10.1. The largest absolute Gasteiger partial charge is 0.311 e. The third kappa shape index (κ3) is 3.85. The molecule has 13 heavy (non-hydrogen) atoms. The number of nitrogens with one attached hydrogen (secondary N) is 1. The molecule has 1 rings (SSSR count). The van der Waals surface area contributed by atoms with Gasteiger partial charge in [0.2, 0.25) is 0 Å². The standard InChI is InChI=1S/C11H16N2/c1-10-3-5-11(6-4-10)9-13-8-7-12-2/h3-6,13H,2,7-9H2,1H3. The van der Waals surface area contributed by atoms with E-state index in [1.165, 1.54) is 11.1 Å². The van der Waals surface area contributed by atoms with Crippen molar-refractivity contribution in [2.75, 3.05) is 13.1 Å². The van der Waals surface area contributed by atoms with E-state index >= 15 is 0 Å². The van der Waals surface area contributed by atoms with Gasteiger partial charge in [0.15, 0.2) is 0 Å². The van der Waals surface area contributed by atoms with Gasteiger partial charge in [0.05, 0.1) is 6.54 Å². The predicted molar refractivity (Wildman–Crippen MR) is 57.3 cm³/mol. The third-order valence-electron chi connectivity index (χ3n) is 1.90. The van der Waals surface area contributed by atoms with Gasteiger partial charge in [-0.05, 0) is 19.2 Å². The van der Waals surface area contributed by atoms with Gasteiger partial charge in [-0.15, -0.1) is 0 Å². The van der Waals surface area contributed by atoms with Crippen LogP contribution in [-0.4, -0.2) is 19.8 Å². The van der Waals surface area contributed by atoms with Crippen LogP contribution in [0, 0.1) is 6.92 Å². The summed E-state index contributed by atoms with van der Waals surface area (Å²) in [6.07, 6.45) is 0. The van der Waals surface area contributed by atoms with Gasteiger partial charge >= 0.3 is 0 Å². The van der Waals surface area contributed by atoms with Crippen LogP contribution in [-0.2, 0) is 6.54 Å². The number of rotatable bonds is 5. The Morgan fingerprint density at radius 2 is 2.00 bits per heavy atom. The van der Waals surface area contributed by atoms with Crippen molar-refractivity contribution in [3.63, 3.8) is 0 Å². The van der Waals surface area contributed by atoms with Crippen molar-refractivity contribution in [3.8, 4) is 0 Å².